The van der Waals surface area contributed by atoms with E-state index in [1.54, 1.807) is 18.3 Å². The molecule has 18 heavy (non-hydrogen) atoms. The molecule has 0 radical (unpaired) electrons. The maximum Gasteiger partial charge on any atom is 0.228 e. The molecule has 5 nitrogen and oxygen atoms in total. The van der Waals surface area contributed by atoms with Gasteiger partial charge in [0.2, 0.25) is 11.7 Å². The van der Waals surface area contributed by atoms with E-state index >= 15 is 0 Å². The minimum atomic E-state index is 0.446. The lowest BCUT2D eigenvalue weighted by Gasteiger charge is -1.97. The number of halogens is 1. The third-order valence-corrected chi connectivity index (χ3v) is 3.09. The van der Waals surface area contributed by atoms with Crippen LogP contribution in [0.15, 0.2) is 22.9 Å². The molecule has 6 heteroatoms. The Morgan fingerprint density at radius 1 is 1.44 bits per heavy atom. The second-order valence-electron chi connectivity index (χ2n) is 4.32. The summed E-state index contributed by atoms with van der Waals surface area (Å²) in [5.41, 5.74) is 0.560. The van der Waals surface area contributed by atoms with Gasteiger partial charge in [0.05, 0.1) is 5.02 Å². The first-order chi connectivity index (χ1) is 8.83. The summed E-state index contributed by atoms with van der Waals surface area (Å²) < 4.78 is 5.18. The zero-order valence-corrected chi connectivity index (χ0v) is 10.5. The van der Waals surface area contributed by atoms with Crippen LogP contribution in [0.25, 0.3) is 11.5 Å². The van der Waals surface area contributed by atoms with E-state index in [4.69, 9.17) is 16.1 Å². The van der Waals surface area contributed by atoms with Gasteiger partial charge in [-0.1, -0.05) is 16.8 Å². The second-order valence-corrected chi connectivity index (χ2v) is 4.73. The van der Waals surface area contributed by atoms with Gasteiger partial charge in [0.25, 0.3) is 0 Å². The van der Waals surface area contributed by atoms with Crippen molar-refractivity contribution in [1.29, 1.82) is 0 Å². The average Bonchev–Trinajstić information content (AvgIpc) is 3.08. The van der Waals surface area contributed by atoms with Gasteiger partial charge in [-0.05, 0) is 25.0 Å². The molecule has 1 N–H and O–H groups in total. The number of nitrogens with zero attached hydrogens (tertiary/aromatic N) is 3. The largest absolute Gasteiger partial charge is 0.339 e. The first-order valence-electron chi connectivity index (χ1n) is 6.00. The Hall–Kier alpha value is -1.46. The fourth-order valence-corrected chi connectivity index (χ4v) is 1.88. The Kier molecular flexibility index (Phi) is 3.25. The zero-order valence-electron chi connectivity index (χ0n) is 9.77. The number of pyridine rings is 1. The molecule has 1 saturated carbocycles. The van der Waals surface area contributed by atoms with E-state index < -0.39 is 0 Å². The highest BCUT2D eigenvalue weighted by molar-refractivity contribution is 6.32. The Balaban J connectivity index is 1.66. The van der Waals surface area contributed by atoms with Crippen LogP contribution in [0.3, 0.4) is 0 Å². The molecule has 0 aromatic carbocycles. The molecule has 0 spiro atoms. The SMILES string of the molecule is Clc1cccnc1-c1noc(CCNC2CC2)n1. The van der Waals surface area contributed by atoms with Gasteiger partial charge in [0.15, 0.2) is 0 Å². The van der Waals surface area contributed by atoms with Gasteiger partial charge in [0, 0.05) is 25.2 Å². The van der Waals surface area contributed by atoms with Gasteiger partial charge in [-0.15, -0.1) is 0 Å². The molecule has 2 aromatic heterocycles. The maximum atomic E-state index is 6.03. The molecule has 0 unspecified atom stereocenters. The van der Waals surface area contributed by atoms with Gasteiger partial charge in [-0.2, -0.15) is 4.98 Å². The second kappa shape index (κ2) is 5.04. The standard InChI is InChI=1S/C12H13ClN4O/c13-9-2-1-6-15-11(9)12-16-10(18-17-12)5-7-14-8-3-4-8/h1-2,6,8,14H,3-5,7H2. The van der Waals surface area contributed by atoms with Crippen molar-refractivity contribution in [2.75, 3.05) is 6.54 Å². The fraction of sp³-hybridized carbons (Fsp3) is 0.417. The smallest absolute Gasteiger partial charge is 0.228 e. The van der Waals surface area contributed by atoms with Crippen LogP contribution in [-0.2, 0) is 6.42 Å². The molecule has 2 heterocycles. The summed E-state index contributed by atoms with van der Waals surface area (Å²) in [5, 5.41) is 7.82. The molecular formula is C12H13ClN4O. The molecule has 2 aromatic rings. The normalized spacial score (nSPS) is 14.9. The van der Waals surface area contributed by atoms with Crippen molar-refractivity contribution in [1.82, 2.24) is 20.4 Å². The van der Waals surface area contributed by atoms with E-state index in [-0.39, 0.29) is 0 Å². The number of hydrogen-bond donors (Lipinski definition) is 1. The van der Waals surface area contributed by atoms with E-state index in [0.29, 0.717) is 28.5 Å². The summed E-state index contributed by atoms with van der Waals surface area (Å²) in [5.74, 6) is 1.06. The lowest BCUT2D eigenvalue weighted by molar-refractivity contribution is 0.376. The minimum absolute atomic E-state index is 0.446. The van der Waals surface area contributed by atoms with Crippen molar-refractivity contribution in [2.24, 2.45) is 0 Å². The third-order valence-electron chi connectivity index (χ3n) is 2.79. The van der Waals surface area contributed by atoms with Gasteiger partial charge in [-0.3, -0.25) is 4.98 Å². The van der Waals surface area contributed by atoms with Crippen molar-refractivity contribution in [3.63, 3.8) is 0 Å². The highest BCUT2D eigenvalue weighted by atomic mass is 35.5. The molecule has 0 bridgehead atoms. The van der Waals surface area contributed by atoms with Crippen LogP contribution in [0.4, 0.5) is 0 Å². The van der Waals surface area contributed by atoms with Crippen LogP contribution < -0.4 is 5.32 Å². The van der Waals surface area contributed by atoms with Gasteiger partial charge in [-0.25, -0.2) is 0 Å². The number of aromatic nitrogens is 3. The summed E-state index contributed by atoms with van der Waals surface area (Å²) in [4.78, 5) is 8.44. The lowest BCUT2D eigenvalue weighted by atomic mass is 10.3. The quantitative estimate of drug-likeness (QED) is 0.896. The molecule has 3 rings (SSSR count). The van der Waals surface area contributed by atoms with Crippen LogP contribution in [0.1, 0.15) is 18.7 Å². The summed E-state index contributed by atoms with van der Waals surface area (Å²) in [6.45, 7) is 0.863. The molecule has 1 aliphatic carbocycles. The van der Waals surface area contributed by atoms with Crippen molar-refractivity contribution >= 4 is 11.6 Å². The Morgan fingerprint density at radius 3 is 3.11 bits per heavy atom. The Labute approximate surface area is 110 Å². The Morgan fingerprint density at radius 2 is 2.33 bits per heavy atom. The van der Waals surface area contributed by atoms with Crippen molar-refractivity contribution in [3.8, 4) is 11.5 Å². The predicted octanol–water partition coefficient (Wildman–Crippen LogP) is 2.08. The number of nitrogens with one attached hydrogen (secondary N) is 1. The molecule has 1 fully saturated rings. The topological polar surface area (TPSA) is 63.8 Å². The number of rotatable bonds is 5. The highest BCUT2D eigenvalue weighted by Crippen LogP contribution is 2.22. The molecule has 1 aliphatic rings. The van der Waals surface area contributed by atoms with Gasteiger partial charge >= 0.3 is 0 Å². The third kappa shape index (κ3) is 2.68. The van der Waals surface area contributed by atoms with Gasteiger partial charge in [0.1, 0.15) is 5.69 Å². The van der Waals surface area contributed by atoms with Gasteiger partial charge < -0.3 is 9.84 Å². The first kappa shape index (κ1) is 11.6. The molecule has 94 valence electrons. The fourth-order valence-electron chi connectivity index (χ4n) is 1.67. The molecular weight excluding hydrogens is 252 g/mol. The van der Waals surface area contributed by atoms with Crippen LogP contribution in [0, 0.1) is 0 Å². The minimum Gasteiger partial charge on any atom is -0.339 e. The van der Waals surface area contributed by atoms with E-state index in [0.717, 1.165) is 13.0 Å². The molecule has 0 saturated heterocycles. The van der Waals surface area contributed by atoms with E-state index in [2.05, 4.69) is 20.4 Å². The molecule has 0 atom stereocenters. The molecule has 0 aliphatic heterocycles. The first-order valence-corrected chi connectivity index (χ1v) is 6.37. The number of hydrogen-bond acceptors (Lipinski definition) is 5. The van der Waals surface area contributed by atoms with Crippen molar-refractivity contribution < 1.29 is 4.52 Å². The molecule has 0 amide bonds. The highest BCUT2D eigenvalue weighted by Gasteiger charge is 2.20. The van der Waals surface area contributed by atoms with E-state index in [1.165, 1.54) is 12.8 Å². The Bertz CT molecular complexity index is 538. The predicted molar refractivity (Wildman–Crippen MR) is 67.3 cm³/mol. The van der Waals surface area contributed by atoms with Crippen molar-refractivity contribution in [2.45, 2.75) is 25.3 Å². The van der Waals surface area contributed by atoms with Crippen LogP contribution in [0.2, 0.25) is 5.02 Å². The summed E-state index contributed by atoms with van der Waals surface area (Å²) in [6.07, 6.45) is 4.94. The van der Waals surface area contributed by atoms with Crippen molar-refractivity contribution in [3.05, 3.63) is 29.2 Å². The summed E-state index contributed by atoms with van der Waals surface area (Å²) in [7, 11) is 0. The van der Waals surface area contributed by atoms with E-state index in [9.17, 15) is 0 Å². The van der Waals surface area contributed by atoms with Crippen LogP contribution >= 0.6 is 11.6 Å². The lowest BCUT2D eigenvalue weighted by Crippen LogP contribution is -2.19. The summed E-state index contributed by atoms with van der Waals surface area (Å²) >= 11 is 6.03. The van der Waals surface area contributed by atoms with E-state index in [1.807, 2.05) is 0 Å². The average molecular weight is 265 g/mol. The monoisotopic (exact) mass is 264 g/mol. The maximum absolute atomic E-state index is 6.03. The van der Waals surface area contributed by atoms with Crippen LogP contribution in [0.5, 0.6) is 0 Å². The zero-order chi connectivity index (χ0) is 12.4. The summed E-state index contributed by atoms with van der Waals surface area (Å²) in [6, 6.07) is 4.22. The van der Waals surface area contributed by atoms with Crippen LogP contribution in [-0.4, -0.2) is 27.7 Å².